The average molecular weight is 337 g/mol. The van der Waals surface area contributed by atoms with Crippen LogP contribution in [-0.4, -0.2) is 12.8 Å². The lowest BCUT2D eigenvalue weighted by Crippen LogP contribution is -2.52. The third-order valence-corrected chi connectivity index (χ3v) is 6.17. The SMILES string of the molecule is [B]C1(c2ccc(-c3ccnc(-c4ccccc4)c3)cc2)C(C)CC1CC. The number of pyridine rings is 1. The molecule has 1 aliphatic rings. The van der Waals surface area contributed by atoms with Crippen molar-refractivity contribution in [1.82, 2.24) is 4.98 Å². The zero-order chi connectivity index (χ0) is 18.1. The van der Waals surface area contributed by atoms with Crippen molar-refractivity contribution >= 4 is 7.85 Å². The van der Waals surface area contributed by atoms with Crippen molar-refractivity contribution < 1.29 is 0 Å². The largest absolute Gasteiger partial charge is 0.256 e. The van der Waals surface area contributed by atoms with Crippen LogP contribution in [-0.2, 0) is 5.31 Å². The first-order valence-electron chi connectivity index (χ1n) is 9.54. The summed E-state index contributed by atoms with van der Waals surface area (Å²) in [6.07, 6.45) is 4.27. The average Bonchev–Trinajstić information content (AvgIpc) is 2.72. The van der Waals surface area contributed by atoms with E-state index in [1.807, 2.05) is 24.4 Å². The van der Waals surface area contributed by atoms with Crippen molar-refractivity contribution in [2.75, 3.05) is 0 Å². The molecule has 0 N–H and O–H groups in total. The molecule has 1 saturated carbocycles. The van der Waals surface area contributed by atoms with Crippen LogP contribution >= 0.6 is 0 Å². The minimum atomic E-state index is -0.166. The second-order valence-electron chi connectivity index (χ2n) is 7.55. The van der Waals surface area contributed by atoms with Crippen LogP contribution in [0.1, 0.15) is 32.3 Å². The molecule has 0 aliphatic heterocycles. The molecule has 1 fully saturated rings. The fraction of sp³-hybridized carbons (Fsp3) is 0.292. The highest BCUT2D eigenvalue weighted by Gasteiger charge is 2.47. The Labute approximate surface area is 157 Å². The lowest BCUT2D eigenvalue weighted by atomic mass is 9.40. The summed E-state index contributed by atoms with van der Waals surface area (Å²) < 4.78 is 0. The monoisotopic (exact) mass is 337 g/mol. The quantitative estimate of drug-likeness (QED) is 0.545. The Balaban J connectivity index is 1.64. The minimum absolute atomic E-state index is 0.166. The van der Waals surface area contributed by atoms with Crippen molar-refractivity contribution in [3.05, 3.63) is 78.5 Å². The molecule has 0 saturated heterocycles. The topological polar surface area (TPSA) is 12.9 Å². The molecule has 128 valence electrons. The van der Waals surface area contributed by atoms with Crippen LogP contribution in [0, 0.1) is 11.8 Å². The standard InChI is InChI=1S/C24H24BN/c1-3-21-15-17(2)24(21,25)22-11-9-18(10-12-22)20-13-14-26-23(16-20)19-7-5-4-6-8-19/h4-14,16-17,21H,3,15H2,1-2H3. The zero-order valence-electron chi connectivity index (χ0n) is 15.5. The lowest BCUT2D eigenvalue weighted by Gasteiger charge is -2.54. The van der Waals surface area contributed by atoms with E-state index in [2.05, 4.69) is 67.4 Å². The van der Waals surface area contributed by atoms with Gasteiger partial charge in [0, 0.05) is 11.8 Å². The van der Waals surface area contributed by atoms with Gasteiger partial charge in [-0.2, -0.15) is 0 Å². The zero-order valence-corrected chi connectivity index (χ0v) is 15.5. The summed E-state index contributed by atoms with van der Waals surface area (Å²) in [5.41, 5.74) is 5.80. The fourth-order valence-electron chi connectivity index (χ4n) is 4.41. The van der Waals surface area contributed by atoms with E-state index in [-0.39, 0.29) is 5.31 Å². The van der Waals surface area contributed by atoms with Crippen LogP contribution in [0.15, 0.2) is 72.9 Å². The maximum absolute atomic E-state index is 6.80. The van der Waals surface area contributed by atoms with Crippen LogP contribution < -0.4 is 0 Å². The van der Waals surface area contributed by atoms with Gasteiger partial charge in [-0.05, 0) is 52.4 Å². The molecule has 2 aromatic carbocycles. The minimum Gasteiger partial charge on any atom is -0.256 e. The number of rotatable bonds is 4. The van der Waals surface area contributed by atoms with Crippen LogP contribution in [0.3, 0.4) is 0 Å². The van der Waals surface area contributed by atoms with Gasteiger partial charge >= 0.3 is 0 Å². The summed E-state index contributed by atoms with van der Waals surface area (Å²) in [6.45, 7) is 4.52. The van der Waals surface area contributed by atoms with Gasteiger partial charge in [-0.3, -0.25) is 4.98 Å². The van der Waals surface area contributed by atoms with Gasteiger partial charge in [-0.25, -0.2) is 0 Å². The number of aromatic nitrogens is 1. The summed E-state index contributed by atoms with van der Waals surface area (Å²) in [5, 5.41) is -0.166. The summed E-state index contributed by atoms with van der Waals surface area (Å²) >= 11 is 0. The number of hydrogen-bond donors (Lipinski definition) is 0. The summed E-state index contributed by atoms with van der Waals surface area (Å²) in [4.78, 5) is 4.53. The Morgan fingerprint density at radius 2 is 1.69 bits per heavy atom. The molecule has 1 aromatic heterocycles. The second-order valence-corrected chi connectivity index (χ2v) is 7.55. The molecule has 3 aromatic rings. The van der Waals surface area contributed by atoms with Crippen LogP contribution in [0.25, 0.3) is 22.4 Å². The van der Waals surface area contributed by atoms with Crippen LogP contribution in [0.2, 0.25) is 0 Å². The Kier molecular flexibility index (Phi) is 4.44. The first kappa shape index (κ1) is 17.1. The Morgan fingerprint density at radius 3 is 2.35 bits per heavy atom. The van der Waals surface area contributed by atoms with E-state index in [1.165, 1.54) is 23.1 Å². The van der Waals surface area contributed by atoms with E-state index in [0.29, 0.717) is 11.8 Å². The molecule has 26 heavy (non-hydrogen) atoms. The van der Waals surface area contributed by atoms with Crippen molar-refractivity contribution in [2.45, 2.75) is 32.0 Å². The highest BCUT2D eigenvalue weighted by Crippen LogP contribution is 2.52. The summed E-state index contributed by atoms with van der Waals surface area (Å²) in [6, 6.07) is 23.4. The number of benzene rings is 2. The molecule has 0 amide bonds. The Morgan fingerprint density at radius 1 is 0.962 bits per heavy atom. The van der Waals surface area contributed by atoms with Gasteiger partial charge in [-0.15, -0.1) is 0 Å². The van der Waals surface area contributed by atoms with Crippen molar-refractivity contribution in [2.24, 2.45) is 11.8 Å². The molecule has 1 aliphatic carbocycles. The normalized spacial score (nSPS) is 24.8. The molecule has 2 radical (unpaired) electrons. The molecular formula is C24H24BN. The predicted octanol–water partition coefficient (Wildman–Crippen LogP) is 5.85. The lowest BCUT2D eigenvalue weighted by molar-refractivity contribution is 0.111. The van der Waals surface area contributed by atoms with Gasteiger partial charge in [0.15, 0.2) is 0 Å². The van der Waals surface area contributed by atoms with Gasteiger partial charge in [0.25, 0.3) is 0 Å². The smallest absolute Gasteiger partial charge is 0.0817 e. The molecule has 3 atom stereocenters. The summed E-state index contributed by atoms with van der Waals surface area (Å²) in [5.74, 6) is 1.14. The Hall–Kier alpha value is -2.35. The van der Waals surface area contributed by atoms with Gasteiger partial charge in [0.2, 0.25) is 0 Å². The Bertz CT molecular complexity index is 888. The van der Waals surface area contributed by atoms with Gasteiger partial charge in [0.05, 0.1) is 13.5 Å². The van der Waals surface area contributed by atoms with Crippen LogP contribution in [0.5, 0.6) is 0 Å². The first-order valence-corrected chi connectivity index (χ1v) is 9.54. The van der Waals surface area contributed by atoms with E-state index < -0.39 is 0 Å². The third-order valence-electron chi connectivity index (χ3n) is 6.17. The fourth-order valence-corrected chi connectivity index (χ4v) is 4.41. The highest BCUT2D eigenvalue weighted by atomic mass is 14.7. The highest BCUT2D eigenvalue weighted by molar-refractivity contribution is 6.17. The van der Waals surface area contributed by atoms with E-state index >= 15 is 0 Å². The molecule has 1 heterocycles. The maximum Gasteiger partial charge on any atom is 0.0817 e. The molecule has 1 nitrogen and oxygen atoms in total. The third kappa shape index (κ3) is 2.78. The van der Waals surface area contributed by atoms with Gasteiger partial charge in [-0.1, -0.05) is 74.9 Å². The maximum atomic E-state index is 6.80. The number of hydrogen-bond acceptors (Lipinski definition) is 1. The van der Waals surface area contributed by atoms with Gasteiger partial charge in [0.1, 0.15) is 0 Å². The van der Waals surface area contributed by atoms with Gasteiger partial charge < -0.3 is 0 Å². The second kappa shape index (κ2) is 6.76. The first-order chi connectivity index (χ1) is 12.6. The van der Waals surface area contributed by atoms with E-state index in [1.54, 1.807) is 0 Å². The molecule has 0 bridgehead atoms. The molecular weight excluding hydrogens is 313 g/mol. The molecule has 3 unspecified atom stereocenters. The van der Waals surface area contributed by atoms with E-state index in [4.69, 9.17) is 7.85 Å². The summed E-state index contributed by atoms with van der Waals surface area (Å²) in [7, 11) is 6.80. The van der Waals surface area contributed by atoms with Crippen molar-refractivity contribution in [3.63, 3.8) is 0 Å². The predicted molar refractivity (Wildman–Crippen MR) is 110 cm³/mol. The molecule has 4 rings (SSSR count). The van der Waals surface area contributed by atoms with E-state index in [0.717, 1.165) is 17.7 Å². The molecule has 0 spiro atoms. The molecule has 2 heteroatoms. The van der Waals surface area contributed by atoms with E-state index in [9.17, 15) is 0 Å². The van der Waals surface area contributed by atoms with Crippen molar-refractivity contribution in [1.29, 1.82) is 0 Å². The van der Waals surface area contributed by atoms with Crippen molar-refractivity contribution in [3.8, 4) is 22.4 Å². The number of nitrogens with zero attached hydrogens (tertiary/aromatic N) is 1. The van der Waals surface area contributed by atoms with Crippen LogP contribution in [0.4, 0.5) is 0 Å².